The van der Waals surface area contributed by atoms with Gasteiger partial charge in [0.05, 0.1) is 12.7 Å². The van der Waals surface area contributed by atoms with E-state index in [0.717, 1.165) is 12.8 Å². The number of aryl methyl sites for hydroxylation is 1. The number of aliphatic hydroxyl groups excluding tert-OH is 2. The lowest BCUT2D eigenvalue weighted by atomic mass is 10.0. The van der Waals surface area contributed by atoms with Crippen molar-refractivity contribution in [3.05, 3.63) is 71.0 Å². The van der Waals surface area contributed by atoms with Crippen LogP contribution in [-0.4, -0.2) is 34.8 Å². The summed E-state index contributed by atoms with van der Waals surface area (Å²) in [5.74, 6) is -0.308. The topological polar surface area (TPSA) is 43.7 Å². The van der Waals surface area contributed by atoms with Crippen molar-refractivity contribution in [1.29, 1.82) is 0 Å². The number of aliphatic hydroxyl groups is 2. The van der Waals surface area contributed by atoms with Gasteiger partial charge in [0.15, 0.2) is 0 Å². The predicted octanol–water partition coefficient (Wildman–Crippen LogP) is 2.84. The average Bonchev–Trinajstić information content (AvgIpc) is 2.99. The second-order valence-electron chi connectivity index (χ2n) is 6.04. The molecule has 0 heterocycles. The van der Waals surface area contributed by atoms with Crippen LogP contribution in [0.1, 0.15) is 35.3 Å². The van der Waals surface area contributed by atoms with E-state index >= 15 is 0 Å². The Bertz CT molecular complexity index is 644. The van der Waals surface area contributed by atoms with Crippen LogP contribution in [0.25, 0.3) is 0 Å². The van der Waals surface area contributed by atoms with Crippen LogP contribution in [0.2, 0.25) is 0 Å². The van der Waals surface area contributed by atoms with Gasteiger partial charge in [-0.2, -0.15) is 0 Å². The van der Waals surface area contributed by atoms with Crippen molar-refractivity contribution in [1.82, 2.24) is 4.90 Å². The van der Waals surface area contributed by atoms with E-state index in [0.29, 0.717) is 18.7 Å². The molecule has 2 N–H and O–H groups in total. The first-order chi connectivity index (χ1) is 11.2. The van der Waals surface area contributed by atoms with Gasteiger partial charge in [-0.3, -0.25) is 4.90 Å². The zero-order valence-electron chi connectivity index (χ0n) is 13.0. The smallest absolute Gasteiger partial charge is 0.123 e. The van der Waals surface area contributed by atoms with Crippen molar-refractivity contribution in [2.45, 2.75) is 25.0 Å². The maximum absolute atomic E-state index is 13.0. The van der Waals surface area contributed by atoms with E-state index < -0.39 is 6.10 Å². The Morgan fingerprint density at radius 1 is 1.13 bits per heavy atom. The molecule has 4 heteroatoms. The number of fused-ring (bicyclic) bond motifs is 1. The third kappa shape index (κ3) is 3.61. The molecule has 0 bridgehead atoms. The molecule has 0 fully saturated rings. The van der Waals surface area contributed by atoms with E-state index in [4.69, 9.17) is 0 Å². The third-order valence-corrected chi connectivity index (χ3v) is 4.59. The quantitative estimate of drug-likeness (QED) is 0.861. The SMILES string of the molecule is OCCN(CC(O)c1ccc(F)cc1)C1CCc2ccccc21. The first-order valence-corrected chi connectivity index (χ1v) is 8.05. The first kappa shape index (κ1) is 16.1. The van der Waals surface area contributed by atoms with Crippen LogP contribution in [0.15, 0.2) is 48.5 Å². The van der Waals surface area contributed by atoms with Crippen LogP contribution in [0.5, 0.6) is 0 Å². The van der Waals surface area contributed by atoms with Gasteiger partial charge in [-0.1, -0.05) is 36.4 Å². The molecule has 3 nitrogen and oxygen atoms in total. The van der Waals surface area contributed by atoms with Gasteiger partial charge in [0, 0.05) is 19.1 Å². The number of rotatable bonds is 6. The lowest BCUT2D eigenvalue weighted by molar-refractivity contribution is 0.0725. The molecule has 0 radical (unpaired) electrons. The lowest BCUT2D eigenvalue weighted by Gasteiger charge is -2.31. The standard InChI is InChI=1S/C19H22FNO2/c20-16-8-5-15(6-9-16)19(23)13-21(11-12-22)18-10-7-14-3-1-2-4-17(14)18/h1-6,8-9,18-19,22-23H,7,10-13H2. The summed E-state index contributed by atoms with van der Waals surface area (Å²) in [5, 5.41) is 19.9. The highest BCUT2D eigenvalue weighted by atomic mass is 19.1. The Labute approximate surface area is 136 Å². The van der Waals surface area contributed by atoms with Crippen molar-refractivity contribution in [2.75, 3.05) is 19.7 Å². The van der Waals surface area contributed by atoms with E-state index in [1.807, 2.05) is 12.1 Å². The van der Waals surface area contributed by atoms with Gasteiger partial charge in [-0.25, -0.2) is 4.39 Å². The molecule has 0 saturated carbocycles. The van der Waals surface area contributed by atoms with Gasteiger partial charge in [0.2, 0.25) is 0 Å². The van der Waals surface area contributed by atoms with Gasteiger partial charge >= 0.3 is 0 Å². The zero-order valence-corrected chi connectivity index (χ0v) is 13.0. The molecular weight excluding hydrogens is 293 g/mol. The van der Waals surface area contributed by atoms with Crippen molar-refractivity contribution < 1.29 is 14.6 Å². The molecule has 1 aliphatic rings. The van der Waals surface area contributed by atoms with E-state index in [-0.39, 0.29) is 18.5 Å². The Kier molecular flexibility index (Phi) is 5.06. The van der Waals surface area contributed by atoms with E-state index in [1.54, 1.807) is 12.1 Å². The maximum atomic E-state index is 13.0. The summed E-state index contributed by atoms with van der Waals surface area (Å²) in [6.07, 6.45) is 1.32. The summed E-state index contributed by atoms with van der Waals surface area (Å²) in [4.78, 5) is 2.12. The molecule has 1 aliphatic carbocycles. The number of benzene rings is 2. The molecule has 2 aromatic rings. The van der Waals surface area contributed by atoms with Crippen molar-refractivity contribution >= 4 is 0 Å². The number of hydrogen-bond acceptors (Lipinski definition) is 3. The molecule has 2 unspecified atom stereocenters. The second kappa shape index (κ2) is 7.21. The second-order valence-corrected chi connectivity index (χ2v) is 6.04. The molecule has 0 spiro atoms. The van der Waals surface area contributed by atoms with Gasteiger partial charge in [0.25, 0.3) is 0 Å². The Hall–Kier alpha value is -1.75. The van der Waals surface area contributed by atoms with Crippen LogP contribution in [-0.2, 0) is 6.42 Å². The van der Waals surface area contributed by atoms with E-state index in [2.05, 4.69) is 17.0 Å². The molecule has 122 valence electrons. The molecular formula is C19H22FNO2. The Morgan fingerprint density at radius 2 is 1.87 bits per heavy atom. The molecule has 0 saturated heterocycles. The number of hydrogen-bond donors (Lipinski definition) is 2. The lowest BCUT2D eigenvalue weighted by Crippen LogP contribution is -2.34. The van der Waals surface area contributed by atoms with Crippen molar-refractivity contribution in [3.8, 4) is 0 Å². The minimum atomic E-state index is -0.699. The van der Waals surface area contributed by atoms with E-state index in [9.17, 15) is 14.6 Å². The van der Waals surface area contributed by atoms with Crippen LogP contribution in [0, 0.1) is 5.82 Å². The highest BCUT2D eigenvalue weighted by Crippen LogP contribution is 2.36. The molecule has 2 atom stereocenters. The molecule has 23 heavy (non-hydrogen) atoms. The Balaban J connectivity index is 1.76. The maximum Gasteiger partial charge on any atom is 0.123 e. The highest BCUT2D eigenvalue weighted by Gasteiger charge is 2.28. The molecule has 0 aromatic heterocycles. The average molecular weight is 315 g/mol. The van der Waals surface area contributed by atoms with Gasteiger partial charge in [-0.15, -0.1) is 0 Å². The predicted molar refractivity (Wildman–Crippen MR) is 87.5 cm³/mol. The summed E-state index contributed by atoms with van der Waals surface area (Å²) in [6, 6.07) is 14.5. The third-order valence-electron chi connectivity index (χ3n) is 4.59. The minimum absolute atomic E-state index is 0.0504. The number of halogens is 1. The molecule has 2 aromatic carbocycles. The van der Waals surface area contributed by atoms with Crippen molar-refractivity contribution in [3.63, 3.8) is 0 Å². The fourth-order valence-electron chi connectivity index (χ4n) is 3.43. The molecule has 3 rings (SSSR count). The summed E-state index contributed by atoms with van der Waals surface area (Å²) in [7, 11) is 0. The van der Waals surface area contributed by atoms with Crippen LogP contribution >= 0.6 is 0 Å². The van der Waals surface area contributed by atoms with Gasteiger partial charge < -0.3 is 10.2 Å². The van der Waals surface area contributed by atoms with Gasteiger partial charge in [0.1, 0.15) is 5.82 Å². The van der Waals surface area contributed by atoms with Crippen LogP contribution in [0.3, 0.4) is 0 Å². The molecule has 0 amide bonds. The normalized spacial score (nSPS) is 18.2. The fourth-order valence-corrected chi connectivity index (χ4v) is 3.43. The Morgan fingerprint density at radius 3 is 2.61 bits per heavy atom. The molecule has 0 aliphatic heterocycles. The summed E-state index contributed by atoms with van der Waals surface area (Å²) in [6.45, 7) is 0.983. The van der Waals surface area contributed by atoms with Crippen LogP contribution < -0.4 is 0 Å². The monoisotopic (exact) mass is 315 g/mol. The largest absolute Gasteiger partial charge is 0.395 e. The minimum Gasteiger partial charge on any atom is -0.395 e. The van der Waals surface area contributed by atoms with E-state index in [1.165, 1.54) is 23.3 Å². The van der Waals surface area contributed by atoms with Crippen LogP contribution in [0.4, 0.5) is 4.39 Å². The highest BCUT2D eigenvalue weighted by molar-refractivity contribution is 5.34. The van der Waals surface area contributed by atoms with Gasteiger partial charge in [-0.05, 0) is 41.7 Å². The number of nitrogens with zero attached hydrogens (tertiary/aromatic N) is 1. The first-order valence-electron chi connectivity index (χ1n) is 8.05. The summed E-state index contributed by atoms with van der Waals surface area (Å²) >= 11 is 0. The summed E-state index contributed by atoms with van der Waals surface area (Å²) in [5.41, 5.74) is 3.32. The zero-order chi connectivity index (χ0) is 16.2. The summed E-state index contributed by atoms with van der Waals surface area (Å²) < 4.78 is 13.0. The van der Waals surface area contributed by atoms with Crippen molar-refractivity contribution in [2.24, 2.45) is 0 Å². The fraction of sp³-hybridized carbons (Fsp3) is 0.368.